The van der Waals surface area contributed by atoms with Gasteiger partial charge in [-0.1, -0.05) is 0 Å². The SMILES string of the molecule is C[C@@H](CCC(=O)N1CCC(c2ccc(Nc3ccc(F)cn3)cn2)CC1)N1CCCC1. The predicted molar refractivity (Wildman–Crippen MR) is 120 cm³/mol. The highest BCUT2D eigenvalue weighted by molar-refractivity contribution is 5.76. The number of piperidine rings is 1. The summed E-state index contributed by atoms with van der Waals surface area (Å²) < 4.78 is 13.0. The summed E-state index contributed by atoms with van der Waals surface area (Å²) in [5, 5.41) is 3.13. The number of amides is 1. The molecule has 1 amide bonds. The number of likely N-dealkylation sites (tertiary alicyclic amines) is 2. The lowest BCUT2D eigenvalue weighted by atomic mass is 9.92. The van der Waals surface area contributed by atoms with E-state index in [4.69, 9.17) is 0 Å². The highest BCUT2D eigenvalue weighted by Gasteiger charge is 2.25. The van der Waals surface area contributed by atoms with Gasteiger partial charge >= 0.3 is 0 Å². The molecule has 0 radical (unpaired) electrons. The van der Waals surface area contributed by atoms with Gasteiger partial charge in [-0.2, -0.15) is 0 Å². The number of nitrogens with zero attached hydrogens (tertiary/aromatic N) is 4. The number of halogens is 1. The third-order valence-corrected chi connectivity index (χ3v) is 6.59. The molecule has 0 aromatic carbocycles. The van der Waals surface area contributed by atoms with Crippen LogP contribution in [0.3, 0.4) is 0 Å². The minimum absolute atomic E-state index is 0.295. The normalized spacial score (nSPS) is 18.8. The number of carbonyl (C=O) groups excluding carboxylic acids is 1. The molecule has 1 N–H and O–H groups in total. The van der Waals surface area contributed by atoms with Gasteiger partial charge < -0.3 is 15.1 Å². The van der Waals surface area contributed by atoms with E-state index in [1.807, 2.05) is 17.0 Å². The highest BCUT2D eigenvalue weighted by Crippen LogP contribution is 2.28. The topological polar surface area (TPSA) is 61.4 Å². The predicted octanol–water partition coefficient (Wildman–Crippen LogP) is 4.33. The van der Waals surface area contributed by atoms with Gasteiger partial charge in [-0.05, 0) is 76.4 Å². The number of hydrogen-bond acceptors (Lipinski definition) is 5. The molecule has 2 fully saturated rings. The number of hydrogen-bond donors (Lipinski definition) is 1. The average molecular weight is 426 g/mol. The molecule has 4 heterocycles. The summed E-state index contributed by atoms with van der Waals surface area (Å²) in [6.07, 6.45) is 9.07. The first-order chi connectivity index (χ1) is 15.1. The van der Waals surface area contributed by atoms with Gasteiger partial charge in [0.15, 0.2) is 0 Å². The molecule has 2 aromatic heterocycles. The van der Waals surface area contributed by atoms with E-state index >= 15 is 0 Å². The Balaban J connectivity index is 1.22. The van der Waals surface area contributed by atoms with Crippen LogP contribution in [0.4, 0.5) is 15.9 Å². The summed E-state index contributed by atoms with van der Waals surface area (Å²) in [5.74, 6) is 0.904. The van der Waals surface area contributed by atoms with Crippen LogP contribution >= 0.6 is 0 Å². The van der Waals surface area contributed by atoms with Crippen molar-refractivity contribution in [1.82, 2.24) is 19.8 Å². The van der Waals surface area contributed by atoms with Gasteiger partial charge in [0, 0.05) is 37.2 Å². The molecule has 2 aliphatic rings. The number of anilines is 2. The number of carbonyl (C=O) groups is 1. The Morgan fingerprint density at radius 3 is 2.52 bits per heavy atom. The van der Waals surface area contributed by atoms with Crippen LogP contribution < -0.4 is 5.32 Å². The smallest absolute Gasteiger partial charge is 0.222 e. The molecule has 2 aliphatic heterocycles. The summed E-state index contributed by atoms with van der Waals surface area (Å²) in [4.78, 5) is 25.8. The molecule has 31 heavy (non-hydrogen) atoms. The van der Waals surface area contributed by atoms with Crippen molar-refractivity contribution in [1.29, 1.82) is 0 Å². The van der Waals surface area contributed by atoms with Crippen molar-refractivity contribution in [2.45, 2.75) is 57.4 Å². The van der Waals surface area contributed by atoms with Crippen molar-refractivity contribution < 1.29 is 9.18 Å². The van der Waals surface area contributed by atoms with Crippen LogP contribution in [0.5, 0.6) is 0 Å². The fraction of sp³-hybridized carbons (Fsp3) is 0.542. The molecular weight excluding hydrogens is 393 g/mol. The fourth-order valence-electron chi connectivity index (χ4n) is 4.60. The lowest BCUT2D eigenvalue weighted by Crippen LogP contribution is -2.39. The van der Waals surface area contributed by atoms with Gasteiger partial charge in [0.25, 0.3) is 0 Å². The lowest BCUT2D eigenvalue weighted by molar-refractivity contribution is -0.132. The van der Waals surface area contributed by atoms with Crippen LogP contribution in [-0.4, -0.2) is 57.9 Å². The molecule has 2 saturated heterocycles. The molecule has 4 rings (SSSR count). The van der Waals surface area contributed by atoms with E-state index in [0.29, 0.717) is 30.1 Å². The second kappa shape index (κ2) is 10.2. The quantitative estimate of drug-likeness (QED) is 0.715. The summed E-state index contributed by atoms with van der Waals surface area (Å²) in [5.41, 5.74) is 1.88. The number of nitrogens with one attached hydrogen (secondary N) is 1. The van der Waals surface area contributed by atoms with Crippen LogP contribution in [0.15, 0.2) is 36.7 Å². The zero-order valence-electron chi connectivity index (χ0n) is 18.3. The van der Waals surface area contributed by atoms with Crippen molar-refractivity contribution in [3.05, 3.63) is 48.2 Å². The lowest BCUT2D eigenvalue weighted by Gasteiger charge is -2.32. The van der Waals surface area contributed by atoms with Crippen LogP contribution in [0.25, 0.3) is 0 Å². The minimum Gasteiger partial charge on any atom is -0.343 e. The molecule has 7 heteroatoms. The first-order valence-corrected chi connectivity index (χ1v) is 11.4. The van der Waals surface area contributed by atoms with Gasteiger partial charge in [-0.3, -0.25) is 9.78 Å². The third-order valence-electron chi connectivity index (χ3n) is 6.59. The van der Waals surface area contributed by atoms with E-state index in [-0.39, 0.29) is 5.82 Å². The Labute approximate surface area is 183 Å². The van der Waals surface area contributed by atoms with Crippen molar-refractivity contribution in [3.63, 3.8) is 0 Å². The van der Waals surface area contributed by atoms with Gasteiger partial charge in [0.05, 0.1) is 18.1 Å². The monoisotopic (exact) mass is 425 g/mol. The molecule has 0 saturated carbocycles. The van der Waals surface area contributed by atoms with E-state index in [2.05, 4.69) is 27.1 Å². The molecular formula is C24H32FN5O. The second-order valence-electron chi connectivity index (χ2n) is 8.74. The first kappa shape index (κ1) is 21.7. The van der Waals surface area contributed by atoms with Crippen molar-refractivity contribution in [2.75, 3.05) is 31.5 Å². The number of aromatic nitrogens is 2. The summed E-state index contributed by atoms with van der Waals surface area (Å²) >= 11 is 0. The van der Waals surface area contributed by atoms with Crippen molar-refractivity contribution in [3.8, 4) is 0 Å². The van der Waals surface area contributed by atoms with E-state index in [9.17, 15) is 9.18 Å². The molecule has 166 valence electrons. The molecule has 6 nitrogen and oxygen atoms in total. The first-order valence-electron chi connectivity index (χ1n) is 11.4. The third kappa shape index (κ3) is 5.79. The van der Waals surface area contributed by atoms with E-state index < -0.39 is 0 Å². The van der Waals surface area contributed by atoms with E-state index in [0.717, 1.165) is 43.7 Å². The summed E-state index contributed by atoms with van der Waals surface area (Å²) in [7, 11) is 0. The molecule has 0 bridgehead atoms. The maximum Gasteiger partial charge on any atom is 0.222 e. The van der Waals surface area contributed by atoms with Crippen molar-refractivity contribution >= 4 is 17.4 Å². The molecule has 0 aliphatic carbocycles. The Hall–Kier alpha value is -2.54. The van der Waals surface area contributed by atoms with E-state index in [1.54, 1.807) is 12.3 Å². The van der Waals surface area contributed by atoms with Gasteiger partial charge in [-0.25, -0.2) is 9.37 Å². The fourth-order valence-corrected chi connectivity index (χ4v) is 4.60. The van der Waals surface area contributed by atoms with Crippen molar-refractivity contribution in [2.24, 2.45) is 0 Å². The number of pyridine rings is 2. The minimum atomic E-state index is -0.357. The zero-order valence-corrected chi connectivity index (χ0v) is 18.3. The Kier molecular flexibility index (Phi) is 7.12. The van der Waals surface area contributed by atoms with E-state index in [1.165, 1.54) is 38.2 Å². The van der Waals surface area contributed by atoms with Crippen LogP contribution in [0.2, 0.25) is 0 Å². The molecule has 0 unspecified atom stereocenters. The average Bonchev–Trinajstić information content (AvgIpc) is 3.35. The Morgan fingerprint density at radius 2 is 1.87 bits per heavy atom. The summed E-state index contributed by atoms with van der Waals surface area (Å²) in [6, 6.07) is 7.49. The second-order valence-corrected chi connectivity index (χ2v) is 8.74. The Morgan fingerprint density at radius 1 is 1.10 bits per heavy atom. The van der Waals surface area contributed by atoms with Crippen LogP contribution in [-0.2, 0) is 4.79 Å². The van der Waals surface area contributed by atoms with Crippen LogP contribution in [0.1, 0.15) is 57.1 Å². The Bertz CT molecular complexity index is 843. The maximum absolute atomic E-state index is 13.0. The van der Waals surface area contributed by atoms with Gasteiger partial charge in [0.2, 0.25) is 5.91 Å². The standard InChI is InChI=1S/C24H32FN5O/c1-18(29-12-2-3-13-29)4-9-24(31)30-14-10-19(11-15-30)22-7-6-21(17-26-22)28-23-8-5-20(25)16-27-23/h5-8,16-19H,2-4,9-15H2,1H3,(H,27,28)/t18-/m0/s1. The highest BCUT2D eigenvalue weighted by atomic mass is 19.1. The largest absolute Gasteiger partial charge is 0.343 e. The molecule has 2 aromatic rings. The number of rotatable bonds is 7. The van der Waals surface area contributed by atoms with Gasteiger partial charge in [-0.15, -0.1) is 0 Å². The summed E-state index contributed by atoms with van der Waals surface area (Å²) in [6.45, 7) is 6.23. The molecule has 1 atom stereocenters. The zero-order chi connectivity index (χ0) is 21.6. The molecule has 0 spiro atoms. The maximum atomic E-state index is 13.0. The van der Waals surface area contributed by atoms with Gasteiger partial charge in [0.1, 0.15) is 11.6 Å². The van der Waals surface area contributed by atoms with Crippen LogP contribution in [0, 0.1) is 5.82 Å².